The van der Waals surface area contributed by atoms with Crippen molar-refractivity contribution in [3.05, 3.63) is 23.8 Å². The Morgan fingerprint density at radius 3 is 2.70 bits per heavy atom. The molecule has 0 radical (unpaired) electrons. The van der Waals surface area contributed by atoms with E-state index in [1.54, 1.807) is 0 Å². The third-order valence-electron chi connectivity index (χ3n) is 4.35. The highest BCUT2D eigenvalue weighted by molar-refractivity contribution is 5.91. The van der Waals surface area contributed by atoms with Gasteiger partial charge in [0.05, 0.1) is 12.3 Å². The van der Waals surface area contributed by atoms with E-state index in [1.165, 1.54) is 0 Å². The van der Waals surface area contributed by atoms with Crippen LogP contribution in [-0.2, 0) is 4.74 Å². The number of hydrogen-bond donors (Lipinski definition) is 2. The molecule has 0 unspecified atom stereocenters. The van der Waals surface area contributed by atoms with Gasteiger partial charge in [0.2, 0.25) is 0 Å². The highest BCUT2D eigenvalue weighted by atomic mass is 16.5. The highest BCUT2D eigenvalue weighted by Crippen LogP contribution is 2.27. The number of rotatable bonds is 6. The first-order valence-corrected chi connectivity index (χ1v) is 8.49. The van der Waals surface area contributed by atoms with Crippen molar-refractivity contribution in [1.29, 1.82) is 0 Å². The Labute approximate surface area is 138 Å². The number of nitrogens with one attached hydrogen (secondary N) is 2. The molecule has 1 aliphatic heterocycles. The van der Waals surface area contributed by atoms with Crippen LogP contribution in [0.15, 0.2) is 18.2 Å². The molecule has 0 saturated carbocycles. The molecule has 2 rings (SSSR count). The molecule has 0 bridgehead atoms. The number of aryl methyl sites for hydroxylation is 1. The lowest BCUT2D eigenvalue weighted by Gasteiger charge is -2.37. The van der Waals surface area contributed by atoms with Gasteiger partial charge in [-0.25, -0.2) is 4.79 Å². The lowest BCUT2D eigenvalue weighted by atomic mass is 9.87. The summed E-state index contributed by atoms with van der Waals surface area (Å²) in [7, 11) is 0. The molecule has 2 amide bonds. The van der Waals surface area contributed by atoms with Crippen molar-refractivity contribution in [3.8, 4) is 5.75 Å². The van der Waals surface area contributed by atoms with E-state index in [2.05, 4.69) is 24.5 Å². The number of amides is 2. The van der Waals surface area contributed by atoms with Crippen LogP contribution < -0.4 is 15.4 Å². The van der Waals surface area contributed by atoms with Gasteiger partial charge in [0.25, 0.3) is 0 Å². The molecule has 0 aromatic heterocycles. The van der Waals surface area contributed by atoms with E-state index >= 15 is 0 Å². The molecule has 1 aliphatic rings. The van der Waals surface area contributed by atoms with Crippen molar-refractivity contribution >= 4 is 11.7 Å². The zero-order valence-corrected chi connectivity index (χ0v) is 14.4. The van der Waals surface area contributed by atoms with Crippen LogP contribution in [0.2, 0.25) is 0 Å². The van der Waals surface area contributed by atoms with E-state index in [9.17, 15) is 4.79 Å². The second-order valence-electron chi connectivity index (χ2n) is 6.17. The predicted molar refractivity (Wildman–Crippen MR) is 92.2 cm³/mol. The summed E-state index contributed by atoms with van der Waals surface area (Å²) in [6.45, 7) is 8.21. The minimum atomic E-state index is -0.182. The van der Waals surface area contributed by atoms with Crippen molar-refractivity contribution in [1.82, 2.24) is 5.32 Å². The van der Waals surface area contributed by atoms with Crippen LogP contribution >= 0.6 is 0 Å². The van der Waals surface area contributed by atoms with Gasteiger partial charge in [-0.1, -0.05) is 19.9 Å². The third-order valence-corrected chi connectivity index (χ3v) is 4.35. The lowest BCUT2D eigenvalue weighted by molar-refractivity contribution is 0.0416. The highest BCUT2D eigenvalue weighted by Gasteiger charge is 2.32. The van der Waals surface area contributed by atoms with E-state index in [0.29, 0.717) is 25.5 Å². The second-order valence-corrected chi connectivity index (χ2v) is 6.17. The Kier molecular flexibility index (Phi) is 6.28. The number of carbonyl (C=O) groups excluding carboxylic acids is 1. The fourth-order valence-electron chi connectivity index (χ4n) is 2.79. The maximum atomic E-state index is 12.4. The summed E-state index contributed by atoms with van der Waals surface area (Å²) in [5.74, 6) is 0.722. The number of hydrogen-bond acceptors (Lipinski definition) is 3. The van der Waals surface area contributed by atoms with Crippen molar-refractivity contribution in [2.75, 3.05) is 25.1 Å². The molecule has 1 aromatic rings. The van der Waals surface area contributed by atoms with Gasteiger partial charge >= 0.3 is 6.03 Å². The Morgan fingerprint density at radius 1 is 1.30 bits per heavy atom. The van der Waals surface area contributed by atoms with E-state index in [-0.39, 0.29) is 11.6 Å². The predicted octanol–water partition coefficient (Wildman–Crippen LogP) is 3.86. The summed E-state index contributed by atoms with van der Waals surface area (Å²) in [4.78, 5) is 12.4. The first-order chi connectivity index (χ1) is 11.1. The molecular formula is C18H28N2O3. The molecule has 23 heavy (non-hydrogen) atoms. The lowest BCUT2D eigenvalue weighted by Crippen LogP contribution is -2.52. The van der Waals surface area contributed by atoms with Crippen molar-refractivity contribution in [2.45, 2.75) is 52.0 Å². The molecule has 1 heterocycles. The van der Waals surface area contributed by atoms with E-state index in [4.69, 9.17) is 9.47 Å². The molecule has 5 nitrogen and oxygen atoms in total. The first kappa shape index (κ1) is 17.6. The first-order valence-electron chi connectivity index (χ1n) is 8.49. The molecule has 1 saturated heterocycles. The second kappa shape index (κ2) is 8.20. The average molecular weight is 320 g/mol. The molecule has 0 atom stereocenters. The van der Waals surface area contributed by atoms with Gasteiger partial charge in [-0.3, -0.25) is 0 Å². The van der Waals surface area contributed by atoms with Crippen LogP contribution in [0.4, 0.5) is 10.5 Å². The van der Waals surface area contributed by atoms with Crippen LogP contribution in [0.25, 0.3) is 0 Å². The average Bonchev–Trinajstić information content (AvgIpc) is 2.55. The van der Waals surface area contributed by atoms with Gasteiger partial charge in [-0.05, 0) is 50.3 Å². The number of carbonyl (C=O) groups is 1. The molecule has 128 valence electrons. The summed E-state index contributed by atoms with van der Waals surface area (Å²) < 4.78 is 11.2. The normalized spacial score (nSPS) is 16.7. The van der Waals surface area contributed by atoms with Crippen LogP contribution in [-0.4, -0.2) is 31.4 Å². The Bertz CT molecular complexity index is 525. The van der Waals surface area contributed by atoms with E-state index in [0.717, 1.165) is 37.0 Å². The van der Waals surface area contributed by atoms with E-state index in [1.807, 2.05) is 25.1 Å². The number of urea groups is 1. The van der Waals surface area contributed by atoms with E-state index < -0.39 is 0 Å². The van der Waals surface area contributed by atoms with Crippen molar-refractivity contribution in [2.24, 2.45) is 0 Å². The van der Waals surface area contributed by atoms with Gasteiger partial charge in [0, 0.05) is 18.8 Å². The van der Waals surface area contributed by atoms with Crippen molar-refractivity contribution in [3.63, 3.8) is 0 Å². The number of anilines is 1. The standard InChI is InChI=1S/C18H28N2O3/c1-4-10-23-16-13-14(3)6-7-15(16)19-17(21)20-18(5-2)8-11-22-12-9-18/h6-7,13H,4-5,8-12H2,1-3H3,(H2,19,20,21). The van der Waals surface area contributed by atoms with Gasteiger partial charge in [0.15, 0.2) is 0 Å². The summed E-state index contributed by atoms with van der Waals surface area (Å²) in [5, 5.41) is 6.08. The molecular weight excluding hydrogens is 292 g/mol. The Hall–Kier alpha value is -1.75. The zero-order chi connectivity index (χ0) is 16.7. The Balaban J connectivity index is 2.04. The smallest absolute Gasteiger partial charge is 0.319 e. The van der Waals surface area contributed by atoms with Crippen LogP contribution in [0, 0.1) is 6.92 Å². The maximum absolute atomic E-state index is 12.4. The van der Waals surface area contributed by atoms with Gasteiger partial charge in [-0.2, -0.15) is 0 Å². The summed E-state index contributed by atoms with van der Waals surface area (Å²) in [6, 6.07) is 5.63. The van der Waals surface area contributed by atoms with Gasteiger partial charge in [0.1, 0.15) is 5.75 Å². The molecule has 5 heteroatoms. The summed E-state index contributed by atoms with van der Waals surface area (Å²) in [6.07, 6.45) is 3.53. The van der Waals surface area contributed by atoms with Crippen LogP contribution in [0.5, 0.6) is 5.75 Å². The molecule has 1 aromatic carbocycles. The fraction of sp³-hybridized carbons (Fsp3) is 0.611. The zero-order valence-electron chi connectivity index (χ0n) is 14.4. The third kappa shape index (κ3) is 4.86. The molecule has 1 fully saturated rings. The van der Waals surface area contributed by atoms with Gasteiger partial charge < -0.3 is 20.1 Å². The van der Waals surface area contributed by atoms with Gasteiger partial charge in [-0.15, -0.1) is 0 Å². The van der Waals surface area contributed by atoms with Crippen LogP contribution in [0.1, 0.15) is 45.1 Å². The number of ether oxygens (including phenoxy) is 2. The molecule has 0 spiro atoms. The maximum Gasteiger partial charge on any atom is 0.319 e. The monoisotopic (exact) mass is 320 g/mol. The topological polar surface area (TPSA) is 59.6 Å². The number of benzene rings is 1. The minimum Gasteiger partial charge on any atom is -0.491 e. The molecule has 2 N–H and O–H groups in total. The largest absolute Gasteiger partial charge is 0.491 e. The van der Waals surface area contributed by atoms with Crippen LogP contribution in [0.3, 0.4) is 0 Å². The Morgan fingerprint density at radius 2 is 2.04 bits per heavy atom. The minimum absolute atomic E-state index is 0.169. The molecule has 0 aliphatic carbocycles. The quantitative estimate of drug-likeness (QED) is 0.836. The van der Waals surface area contributed by atoms with Crippen molar-refractivity contribution < 1.29 is 14.3 Å². The summed E-state index contributed by atoms with van der Waals surface area (Å²) >= 11 is 0. The summed E-state index contributed by atoms with van der Waals surface area (Å²) in [5.41, 5.74) is 1.65. The SMILES string of the molecule is CCCOc1cc(C)ccc1NC(=O)NC1(CC)CCOCC1. The fourth-order valence-corrected chi connectivity index (χ4v) is 2.79.